The Balaban J connectivity index is 1.97. The van der Waals surface area contributed by atoms with Crippen molar-refractivity contribution < 1.29 is 18.7 Å². The topological polar surface area (TPSA) is 46.6 Å². The number of carbonyl (C=O) groups is 2. The van der Waals surface area contributed by atoms with Crippen molar-refractivity contribution in [2.24, 2.45) is 5.92 Å². The Bertz CT molecular complexity index is 571. The summed E-state index contributed by atoms with van der Waals surface area (Å²) in [6.07, 6.45) is 4.32. The number of benzene rings is 1. The summed E-state index contributed by atoms with van der Waals surface area (Å²) in [5.41, 5.74) is 0.370. The highest BCUT2D eigenvalue weighted by Crippen LogP contribution is 2.18. The molecular weight excluding hydrogens is 285 g/mol. The molecule has 1 aromatic rings. The van der Waals surface area contributed by atoms with Crippen LogP contribution in [0.5, 0.6) is 0 Å². The minimum atomic E-state index is -0.366. The number of halogens is 1. The fraction of sp³-hybridized carbons (Fsp3) is 0.412. The smallest absolute Gasteiger partial charge is 0.310 e. The predicted molar refractivity (Wildman–Crippen MR) is 81.4 cm³/mol. The zero-order valence-corrected chi connectivity index (χ0v) is 12.6. The standard InChI is InChI=1S/C17H20FNO3/c1-2-22-17(21)14-7-5-11-19(12-14)16(20)10-9-13-6-3-4-8-15(13)18/h3-4,6,8-10,14H,2,5,7,11-12H2,1H3/b10-9+/t14-/m1/s1. The molecule has 0 bridgehead atoms. The largest absolute Gasteiger partial charge is 0.466 e. The second kappa shape index (κ2) is 7.73. The molecule has 0 saturated carbocycles. The quantitative estimate of drug-likeness (QED) is 0.634. The van der Waals surface area contributed by atoms with Gasteiger partial charge in [0.05, 0.1) is 12.5 Å². The van der Waals surface area contributed by atoms with Crippen LogP contribution in [0.25, 0.3) is 6.08 Å². The van der Waals surface area contributed by atoms with Gasteiger partial charge in [0.25, 0.3) is 0 Å². The summed E-state index contributed by atoms with van der Waals surface area (Å²) in [6, 6.07) is 6.27. The lowest BCUT2D eigenvalue weighted by Crippen LogP contribution is -2.42. The summed E-state index contributed by atoms with van der Waals surface area (Å²) in [5.74, 6) is -1.09. The van der Waals surface area contributed by atoms with E-state index in [1.165, 1.54) is 18.2 Å². The van der Waals surface area contributed by atoms with Crippen LogP contribution < -0.4 is 0 Å². The predicted octanol–water partition coefficient (Wildman–Crippen LogP) is 2.64. The van der Waals surface area contributed by atoms with Crippen molar-refractivity contribution in [3.05, 3.63) is 41.7 Å². The molecule has 22 heavy (non-hydrogen) atoms. The van der Waals surface area contributed by atoms with Crippen LogP contribution in [0.2, 0.25) is 0 Å². The number of piperidine rings is 1. The molecule has 0 aliphatic carbocycles. The Morgan fingerprint density at radius 3 is 2.91 bits per heavy atom. The lowest BCUT2D eigenvalue weighted by atomic mass is 9.98. The first-order chi connectivity index (χ1) is 10.6. The molecule has 1 atom stereocenters. The minimum Gasteiger partial charge on any atom is -0.466 e. The van der Waals surface area contributed by atoms with Gasteiger partial charge in [0.2, 0.25) is 5.91 Å². The highest BCUT2D eigenvalue weighted by molar-refractivity contribution is 5.92. The number of hydrogen-bond acceptors (Lipinski definition) is 3. The van der Waals surface area contributed by atoms with E-state index in [0.717, 1.165) is 12.8 Å². The van der Waals surface area contributed by atoms with Gasteiger partial charge >= 0.3 is 5.97 Å². The van der Waals surface area contributed by atoms with E-state index in [4.69, 9.17) is 4.74 Å². The van der Waals surface area contributed by atoms with Gasteiger partial charge in [0, 0.05) is 24.7 Å². The highest BCUT2D eigenvalue weighted by Gasteiger charge is 2.28. The molecule has 118 valence electrons. The van der Waals surface area contributed by atoms with E-state index in [0.29, 0.717) is 25.3 Å². The molecule has 1 heterocycles. The van der Waals surface area contributed by atoms with Crippen molar-refractivity contribution >= 4 is 18.0 Å². The molecule has 0 radical (unpaired) electrons. The molecule has 0 N–H and O–H groups in total. The molecule has 1 saturated heterocycles. The monoisotopic (exact) mass is 305 g/mol. The summed E-state index contributed by atoms with van der Waals surface area (Å²) >= 11 is 0. The molecule has 1 aromatic carbocycles. The first-order valence-corrected chi connectivity index (χ1v) is 7.50. The Kier molecular flexibility index (Phi) is 5.69. The first-order valence-electron chi connectivity index (χ1n) is 7.50. The van der Waals surface area contributed by atoms with Crippen LogP contribution in [0.3, 0.4) is 0 Å². The van der Waals surface area contributed by atoms with Gasteiger partial charge in [-0.2, -0.15) is 0 Å². The second-order valence-electron chi connectivity index (χ2n) is 5.23. The number of ether oxygens (including phenoxy) is 1. The highest BCUT2D eigenvalue weighted by atomic mass is 19.1. The number of nitrogens with zero attached hydrogens (tertiary/aromatic N) is 1. The summed E-state index contributed by atoms with van der Waals surface area (Å²) in [5, 5.41) is 0. The second-order valence-corrected chi connectivity index (χ2v) is 5.23. The number of esters is 1. The molecule has 1 aliphatic heterocycles. The lowest BCUT2D eigenvalue weighted by Gasteiger charge is -2.30. The minimum absolute atomic E-state index is 0.211. The van der Waals surface area contributed by atoms with E-state index in [9.17, 15) is 14.0 Å². The molecule has 4 nitrogen and oxygen atoms in total. The van der Waals surface area contributed by atoms with Gasteiger partial charge in [-0.05, 0) is 31.9 Å². The van der Waals surface area contributed by atoms with Gasteiger partial charge in [-0.15, -0.1) is 0 Å². The molecule has 1 fully saturated rings. The molecule has 5 heteroatoms. The van der Waals surface area contributed by atoms with Crippen molar-refractivity contribution in [2.45, 2.75) is 19.8 Å². The van der Waals surface area contributed by atoms with Gasteiger partial charge in [0.1, 0.15) is 5.82 Å². The Hall–Kier alpha value is -2.17. The number of hydrogen-bond donors (Lipinski definition) is 0. The van der Waals surface area contributed by atoms with Gasteiger partial charge in [-0.25, -0.2) is 4.39 Å². The Morgan fingerprint density at radius 1 is 1.41 bits per heavy atom. The first kappa shape index (κ1) is 16.2. The van der Waals surface area contributed by atoms with Crippen LogP contribution in [-0.4, -0.2) is 36.5 Å². The molecule has 2 rings (SSSR count). The molecule has 0 spiro atoms. The van der Waals surface area contributed by atoms with Crippen LogP contribution in [0, 0.1) is 11.7 Å². The van der Waals surface area contributed by atoms with Crippen molar-refractivity contribution in [2.75, 3.05) is 19.7 Å². The Labute approximate surface area is 129 Å². The molecule has 0 unspecified atom stereocenters. The fourth-order valence-corrected chi connectivity index (χ4v) is 2.51. The van der Waals surface area contributed by atoms with Crippen LogP contribution in [-0.2, 0) is 14.3 Å². The molecular formula is C17H20FNO3. The normalized spacial score (nSPS) is 18.5. The maximum absolute atomic E-state index is 13.5. The van der Waals surface area contributed by atoms with Crippen molar-refractivity contribution in [3.63, 3.8) is 0 Å². The summed E-state index contributed by atoms with van der Waals surface area (Å²) < 4.78 is 18.5. The van der Waals surface area contributed by atoms with Crippen LogP contribution in [0.4, 0.5) is 4.39 Å². The number of carbonyl (C=O) groups excluding carboxylic acids is 2. The van der Waals surface area contributed by atoms with Crippen molar-refractivity contribution in [1.82, 2.24) is 4.90 Å². The van der Waals surface area contributed by atoms with E-state index >= 15 is 0 Å². The maximum atomic E-state index is 13.5. The van der Waals surface area contributed by atoms with E-state index in [2.05, 4.69) is 0 Å². The summed E-state index contributed by atoms with van der Waals surface area (Å²) in [7, 11) is 0. The zero-order valence-electron chi connectivity index (χ0n) is 12.6. The van der Waals surface area contributed by atoms with Crippen LogP contribution in [0.1, 0.15) is 25.3 Å². The van der Waals surface area contributed by atoms with Crippen molar-refractivity contribution in [3.8, 4) is 0 Å². The van der Waals surface area contributed by atoms with E-state index < -0.39 is 0 Å². The van der Waals surface area contributed by atoms with Gasteiger partial charge < -0.3 is 9.64 Å². The van der Waals surface area contributed by atoms with Gasteiger partial charge in [0.15, 0.2) is 0 Å². The molecule has 1 aliphatic rings. The van der Waals surface area contributed by atoms with Gasteiger partial charge in [-0.3, -0.25) is 9.59 Å². The SMILES string of the molecule is CCOC(=O)[C@@H]1CCCN(C(=O)/C=C/c2ccccc2F)C1. The lowest BCUT2D eigenvalue weighted by molar-refractivity contribution is -0.150. The number of likely N-dealkylation sites (tertiary alicyclic amines) is 1. The third kappa shape index (κ3) is 4.16. The molecule has 0 aromatic heterocycles. The van der Waals surface area contributed by atoms with Crippen molar-refractivity contribution in [1.29, 1.82) is 0 Å². The van der Waals surface area contributed by atoms with Gasteiger partial charge in [-0.1, -0.05) is 18.2 Å². The van der Waals surface area contributed by atoms with E-state index in [1.54, 1.807) is 30.0 Å². The van der Waals surface area contributed by atoms with Crippen LogP contribution in [0.15, 0.2) is 30.3 Å². The summed E-state index contributed by atoms with van der Waals surface area (Å²) in [4.78, 5) is 25.5. The van der Waals surface area contributed by atoms with Crippen LogP contribution >= 0.6 is 0 Å². The third-order valence-corrected chi connectivity index (χ3v) is 3.66. The molecule has 1 amide bonds. The average Bonchev–Trinajstić information content (AvgIpc) is 2.54. The number of rotatable bonds is 4. The maximum Gasteiger partial charge on any atom is 0.310 e. The number of amides is 1. The average molecular weight is 305 g/mol. The van der Waals surface area contributed by atoms with E-state index in [1.807, 2.05) is 0 Å². The fourth-order valence-electron chi connectivity index (χ4n) is 2.51. The third-order valence-electron chi connectivity index (χ3n) is 3.66. The Morgan fingerprint density at radius 2 is 2.18 bits per heavy atom. The van der Waals surface area contributed by atoms with E-state index in [-0.39, 0.29) is 23.6 Å². The summed E-state index contributed by atoms with van der Waals surface area (Å²) in [6.45, 7) is 3.08. The zero-order chi connectivity index (χ0) is 15.9.